The second-order valence-corrected chi connectivity index (χ2v) is 5.23. The summed E-state index contributed by atoms with van der Waals surface area (Å²) in [6.07, 6.45) is 0. The van der Waals surface area contributed by atoms with Crippen LogP contribution in [0.3, 0.4) is 0 Å². The molecule has 0 bridgehead atoms. The number of rotatable bonds is 4. The zero-order chi connectivity index (χ0) is 11.5. The van der Waals surface area contributed by atoms with E-state index >= 15 is 0 Å². The van der Waals surface area contributed by atoms with Gasteiger partial charge in [-0.3, -0.25) is 0 Å². The first kappa shape index (κ1) is 12.2. The summed E-state index contributed by atoms with van der Waals surface area (Å²) in [5.41, 5.74) is 1.00. The topological polar surface area (TPSA) is 66.4 Å². The van der Waals surface area contributed by atoms with Gasteiger partial charge in [0.1, 0.15) is 0 Å². The van der Waals surface area contributed by atoms with Crippen molar-refractivity contribution in [3.8, 4) is 0 Å². The summed E-state index contributed by atoms with van der Waals surface area (Å²) in [5, 5.41) is 8.76. The minimum Gasteiger partial charge on any atom is -0.395 e. The van der Waals surface area contributed by atoms with Crippen LogP contribution in [-0.4, -0.2) is 26.2 Å². The van der Waals surface area contributed by atoms with Crippen molar-refractivity contribution in [1.82, 2.24) is 4.72 Å². The van der Waals surface area contributed by atoms with E-state index in [1.54, 1.807) is 31.2 Å². The lowest BCUT2D eigenvalue weighted by molar-refractivity contribution is 0.265. The maximum absolute atomic E-state index is 11.7. The molecule has 0 radical (unpaired) electrons. The van der Waals surface area contributed by atoms with Crippen LogP contribution in [0.25, 0.3) is 0 Å². The molecule has 1 aromatic carbocycles. The second kappa shape index (κ2) is 4.74. The minimum atomic E-state index is -3.50. The Kier molecular flexibility index (Phi) is 3.84. The monoisotopic (exact) mass is 229 g/mol. The third kappa shape index (κ3) is 3.30. The number of aliphatic hydroxyl groups is 1. The summed E-state index contributed by atoms with van der Waals surface area (Å²) in [4.78, 5) is 0.216. The first-order chi connectivity index (χ1) is 6.95. The molecule has 0 amide bonds. The van der Waals surface area contributed by atoms with Gasteiger partial charge in [0.15, 0.2) is 0 Å². The average molecular weight is 229 g/mol. The fourth-order valence-corrected chi connectivity index (χ4v) is 2.32. The van der Waals surface area contributed by atoms with Crippen molar-refractivity contribution >= 4 is 10.0 Å². The van der Waals surface area contributed by atoms with Crippen LogP contribution in [0.5, 0.6) is 0 Å². The van der Waals surface area contributed by atoms with Gasteiger partial charge in [-0.15, -0.1) is 0 Å². The van der Waals surface area contributed by atoms with Crippen molar-refractivity contribution in [1.29, 1.82) is 0 Å². The van der Waals surface area contributed by atoms with Gasteiger partial charge in [-0.05, 0) is 26.0 Å². The Morgan fingerprint density at radius 3 is 2.33 bits per heavy atom. The van der Waals surface area contributed by atoms with Crippen LogP contribution >= 0.6 is 0 Å². The van der Waals surface area contributed by atoms with Crippen LogP contribution in [0.15, 0.2) is 29.2 Å². The molecule has 0 saturated heterocycles. The van der Waals surface area contributed by atoms with Crippen LogP contribution in [0.4, 0.5) is 0 Å². The average Bonchev–Trinajstić information content (AvgIpc) is 2.17. The molecule has 1 rings (SSSR count). The lowest BCUT2D eigenvalue weighted by Crippen LogP contribution is -2.34. The SMILES string of the molecule is Cc1ccc(S(=O)(=O)N[C@H](C)CO)cc1. The van der Waals surface area contributed by atoms with E-state index in [1.807, 2.05) is 6.92 Å². The Bertz CT molecular complexity index is 411. The standard InChI is InChI=1S/C10H15NO3S/c1-8-3-5-10(6-4-8)15(13,14)11-9(2)7-12/h3-6,9,11-12H,7H2,1-2H3/t9-/m1/s1. The molecule has 2 N–H and O–H groups in total. The highest BCUT2D eigenvalue weighted by molar-refractivity contribution is 7.89. The van der Waals surface area contributed by atoms with Gasteiger partial charge >= 0.3 is 0 Å². The van der Waals surface area contributed by atoms with Crippen molar-refractivity contribution in [3.63, 3.8) is 0 Å². The Morgan fingerprint density at radius 1 is 1.33 bits per heavy atom. The highest BCUT2D eigenvalue weighted by Crippen LogP contribution is 2.10. The molecule has 0 spiro atoms. The first-order valence-electron chi connectivity index (χ1n) is 4.65. The lowest BCUT2D eigenvalue weighted by atomic mass is 10.2. The van der Waals surface area contributed by atoms with E-state index < -0.39 is 16.1 Å². The Morgan fingerprint density at radius 2 is 1.87 bits per heavy atom. The summed E-state index contributed by atoms with van der Waals surface area (Å²) in [7, 11) is -3.50. The first-order valence-corrected chi connectivity index (χ1v) is 6.14. The van der Waals surface area contributed by atoms with Crippen molar-refractivity contribution < 1.29 is 13.5 Å². The molecule has 0 aromatic heterocycles. The molecule has 0 saturated carbocycles. The molecule has 0 heterocycles. The van der Waals surface area contributed by atoms with E-state index in [9.17, 15) is 8.42 Å². The third-order valence-electron chi connectivity index (χ3n) is 1.96. The number of nitrogens with one attached hydrogen (secondary N) is 1. The second-order valence-electron chi connectivity index (χ2n) is 3.52. The fraction of sp³-hybridized carbons (Fsp3) is 0.400. The highest BCUT2D eigenvalue weighted by Gasteiger charge is 2.16. The number of hydrogen-bond acceptors (Lipinski definition) is 3. The zero-order valence-corrected chi connectivity index (χ0v) is 9.58. The number of hydrogen-bond donors (Lipinski definition) is 2. The van der Waals surface area contributed by atoms with Crippen molar-refractivity contribution in [2.24, 2.45) is 0 Å². The largest absolute Gasteiger partial charge is 0.395 e. The maximum atomic E-state index is 11.7. The quantitative estimate of drug-likeness (QED) is 0.797. The van der Waals surface area contributed by atoms with Gasteiger partial charge in [0.25, 0.3) is 0 Å². The number of benzene rings is 1. The lowest BCUT2D eigenvalue weighted by Gasteiger charge is -2.11. The molecule has 0 aliphatic heterocycles. The predicted molar refractivity (Wildman–Crippen MR) is 58.0 cm³/mol. The van der Waals surface area contributed by atoms with E-state index in [4.69, 9.17) is 5.11 Å². The van der Waals surface area contributed by atoms with Crippen molar-refractivity contribution in [3.05, 3.63) is 29.8 Å². The summed E-state index contributed by atoms with van der Waals surface area (Å²) >= 11 is 0. The van der Waals surface area contributed by atoms with E-state index in [0.29, 0.717) is 0 Å². The van der Waals surface area contributed by atoms with E-state index in [-0.39, 0.29) is 11.5 Å². The smallest absolute Gasteiger partial charge is 0.240 e. The van der Waals surface area contributed by atoms with Crippen LogP contribution in [0.1, 0.15) is 12.5 Å². The summed E-state index contributed by atoms with van der Waals surface area (Å²) in [6.45, 7) is 3.27. The van der Waals surface area contributed by atoms with Gasteiger partial charge in [-0.25, -0.2) is 13.1 Å². The normalized spacial score (nSPS) is 13.8. The van der Waals surface area contributed by atoms with Gasteiger partial charge in [0, 0.05) is 6.04 Å². The van der Waals surface area contributed by atoms with Gasteiger partial charge < -0.3 is 5.11 Å². The molecule has 1 atom stereocenters. The van der Waals surface area contributed by atoms with E-state index in [2.05, 4.69) is 4.72 Å². The molecule has 0 unspecified atom stereocenters. The van der Waals surface area contributed by atoms with Crippen LogP contribution < -0.4 is 4.72 Å². The highest BCUT2D eigenvalue weighted by atomic mass is 32.2. The maximum Gasteiger partial charge on any atom is 0.240 e. The molecule has 5 heteroatoms. The fourth-order valence-electron chi connectivity index (χ4n) is 1.09. The molecule has 4 nitrogen and oxygen atoms in total. The Hall–Kier alpha value is -0.910. The Balaban J connectivity index is 2.91. The van der Waals surface area contributed by atoms with E-state index in [1.165, 1.54) is 0 Å². The van der Waals surface area contributed by atoms with Gasteiger partial charge in [-0.1, -0.05) is 17.7 Å². The molecule has 0 aliphatic carbocycles. The van der Waals surface area contributed by atoms with Crippen molar-refractivity contribution in [2.75, 3.05) is 6.61 Å². The van der Waals surface area contributed by atoms with Gasteiger partial charge in [-0.2, -0.15) is 0 Å². The van der Waals surface area contributed by atoms with Crippen molar-refractivity contribution in [2.45, 2.75) is 24.8 Å². The molecular formula is C10H15NO3S. The zero-order valence-electron chi connectivity index (χ0n) is 8.77. The third-order valence-corrected chi connectivity index (χ3v) is 3.57. The molecule has 84 valence electrons. The molecule has 15 heavy (non-hydrogen) atoms. The van der Waals surface area contributed by atoms with E-state index in [0.717, 1.165) is 5.56 Å². The number of aryl methyl sites for hydroxylation is 1. The molecule has 1 aromatic rings. The molecule has 0 aliphatic rings. The summed E-state index contributed by atoms with van der Waals surface area (Å²) < 4.78 is 25.7. The molecule has 0 fully saturated rings. The summed E-state index contributed by atoms with van der Waals surface area (Å²) in [5.74, 6) is 0. The van der Waals surface area contributed by atoms with Gasteiger partial charge in [0.05, 0.1) is 11.5 Å². The predicted octanol–water partition coefficient (Wildman–Crippen LogP) is 0.654. The van der Waals surface area contributed by atoms with Gasteiger partial charge in [0.2, 0.25) is 10.0 Å². The van der Waals surface area contributed by atoms with Crippen LogP contribution in [0.2, 0.25) is 0 Å². The molecular weight excluding hydrogens is 214 g/mol. The number of sulfonamides is 1. The Labute approximate surface area is 90.0 Å². The minimum absolute atomic E-state index is 0.216. The number of aliphatic hydroxyl groups excluding tert-OH is 1. The van der Waals surface area contributed by atoms with Crippen LogP contribution in [0, 0.1) is 6.92 Å². The van der Waals surface area contributed by atoms with Crippen LogP contribution in [-0.2, 0) is 10.0 Å². The summed E-state index contributed by atoms with van der Waals surface area (Å²) in [6, 6.07) is 6.08.